The first-order chi connectivity index (χ1) is 10.5. The first kappa shape index (κ1) is 14.5. The second kappa shape index (κ2) is 5.73. The molecule has 0 spiro atoms. The average Bonchev–Trinajstić information content (AvgIpc) is 2.59. The van der Waals surface area contributed by atoms with Gasteiger partial charge in [0.1, 0.15) is 30.0 Å². The quantitative estimate of drug-likeness (QED) is 0.925. The van der Waals surface area contributed by atoms with E-state index in [0.717, 1.165) is 6.07 Å². The molecule has 0 fully saturated rings. The highest BCUT2D eigenvalue weighted by molar-refractivity contribution is 5.99. The molecule has 3 rings (SSSR count). The summed E-state index contributed by atoms with van der Waals surface area (Å²) in [5, 5.41) is 0. The first-order valence-electron chi connectivity index (χ1n) is 6.78. The summed E-state index contributed by atoms with van der Waals surface area (Å²) in [6, 6.07) is 9.31. The van der Waals surface area contributed by atoms with Crippen molar-refractivity contribution in [3.8, 4) is 5.75 Å². The highest BCUT2D eigenvalue weighted by Crippen LogP contribution is 2.32. The van der Waals surface area contributed by atoms with Crippen molar-refractivity contribution in [2.45, 2.75) is 12.6 Å². The molecule has 0 unspecified atom stereocenters. The molecule has 2 N–H and O–H groups in total. The normalized spacial score (nSPS) is 17.7. The van der Waals surface area contributed by atoms with E-state index in [4.69, 9.17) is 10.5 Å². The molecule has 4 nitrogen and oxygen atoms in total. The summed E-state index contributed by atoms with van der Waals surface area (Å²) in [6.07, 6.45) is 0. The third kappa shape index (κ3) is 2.78. The maximum atomic E-state index is 13.3. The standard InChI is InChI=1S/C16H14F2N2O2/c17-11-5-10(6-12(18)7-11)8-20-14-3-1-2-4-15(14)22-9-13(19)16(20)21/h1-7,13H,8-9,19H2/t13-/m0/s1. The molecule has 0 radical (unpaired) electrons. The van der Waals surface area contributed by atoms with Crippen molar-refractivity contribution in [3.63, 3.8) is 0 Å². The minimum absolute atomic E-state index is 0.0155. The number of hydrogen-bond donors (Lipinski definition) is 1. The Morgan fingerprint density at radius 3 is 2.59 bits per heavy atom. The van der Waals surface area contributed by atoms with Gasteiger partial charge in [0.25, 0.3) is 0 Å². The Balaban J connectivity index is 2.00. The van der Waals surface area contributed by atoms with Gasteiger partial charge in [-0.15, -0.1) is 0 Å². The van der Waals surface area contributed by atoms with Crippen molar-refractivity contribution in [1.82, 2.24) is 0 Å². The molecular formula is C16H14F2N2O2. The number of nitrogens with two attached hydrogens (primary N) is 1. The third-order valence-corrected chi connectivity index (χ3v) is 3.42. The molecule has 2 aromatic carbocycles. The van der Waals surface area contributed by atoms with Crippen LogP contribution in [0.5, 0.6) is 5.75 Å². The molecule has 1 amide bonds. The molecule has 114 valence electrons. The molecule has 0 saturated carbocycles. The van der Waals surface area contributed by atoms with Gasteiger partial charge in [0.2, 0.25) is 5.91 Å². The fourth-order valence-corrected chi connectivity index (χ4v) is 2.42. The highest BCUT2D eigenvalue weighted by atomic mass is 19.1. The van der Waals surface area contributed by atoms with E-state index in [9.17, 15) is 13.6 Å². The number of halogens is 2. The lowest BCUT2D eigenvalue weighted by Crippen LogP contribution is -2.45. The maximum absolute atomic E-state index is 13.3. The Hall–Kier alpha value is -2.47. The number of nitrogens with zero attached hydrogens (tertiary/aromatic N) is 1. The number of amides is 1. The van der Waals surface area contributed by atoms with Crippen molar-refractivity contribution in [3.05, 3.63) is 59.7 Å². The molecule has 0 aromatic heterocycles. The Kier molecular flexibility index (Phi) is 3.77. The van der Waals surface area contributed by atoms with Gasteiger partial charge in [0.05, 0.1) is 12.2 Å². The van der Waals surface area contributed by atoms with E-state index in [1.807, 2.05) is 0 Å². The Bertz CT molecular complexity index is 701. The summed E-state index contributed by atoms with van der Waals surface area (Å²) in [6.45, 7) is 0.0748. The fourth-order valence-electron chi connectivity index (χ4n) is 2.42. The molecule has 1 heterocycles. The minimum atomic E-state index is -0.828. The lowest BCUT2D eigenvalue weighted by atomic mass is 10.1. The zero-order valence-corrected chi connectivity index (χ0v) is 11.6. The van der Waals surface area contributed by atoms with Crippen molar-refractivity contribution >= 4 is 11.6 Å². The van der Waals surface area contributed by atoms with Crippen LogP contribution in [0.4, 0.5) is 14.5 Å². The van der Waals surface area contributed by atoms with Gasteiger partial charge in [-0.1, -0.05) is 12.1 Å². The van der Waals surface area contributed by atoms with Gasteiger partial charge in [0.15, 0.2) is 0 Å². The van der Waals surface area contributed by atoms with E-state index in [1.165, 1.54) is 17.0 Å². The number of benzene rings is 2. The molecule has 1 aliphatic rings. The van der Waals surface area contributed by atoms with Crippen molar-refractivity contribution in [1.29, 1.82) is 0 Å². The molecule has 1 aliphatic heterocycles. The smallest absolute Gasteiger partial charge is 0.247 e. The van der Waals surface area contributed by atoms with Crippen LogP contribution in [0.3, 0.4) is 0 Å². The SMILES string of the molecule is N[C@H]1COc2ccccc2N(Cc2cc(F)cc(F)c2)C1=O. The Labute approximate surface area is 126 Å². The molecule has 2 aromatic rings. The molecule has 1 atom stereocenters. The van der Waals surface area contributed by atoms with Crippen LogP contribution in [0.1, 0.15) is 5.56 Å². The van der Waals surface area contributed by atoms with Crippen LogP contribution in [0, 0.1) is 11.6 Å². The van der Waals surface area contributed by atoms with E-state index in [1.54, 1.807) is 24.3 Å². The Morgan fingerprint density at radius 1 is 1.18 bits per heavy atom. The number of carbonyl (C=O) groups excluding carboxylic acids is 1. The van der Waals surface area contributed by atoms with Crippen LogP contribution in [0.2, 0.25) is 0 Å². The molecule has 6 heteroatoms. The summed E-state index contributed by atoms with van der Waals surface area (Å²) in [5.41, 5.74) is 6.67. The summed E-state index contributed by atoms with van der Waals surface area (Å²) in [4.78, 5) is 13.8. The second-order valence-electron chi connectivity index (χ2n) is 5.09. The summed E-state index contributed by atoms with van der Waals surface area (Å²) >= 11 is 0. The summed E-state index contributed by atoms with van der Waals surface area (Å²) in [7, 11) is 0. The summed E-state index contributed by atoms with van der Waals surface area (Å²) < 4.78 is 32.2. The van der Waals surface area contributed by atoms with Gasteiger partial charge in [-0.05, 0) is 29.8 Å². The van der Waals surface area contributed by atoms with Gasteiger partial charge in [-0.25, -0.2) is 8.78 Å². The average molecular weight is 304 g/mol. The van der Waals surface area contributed by atoms with Crippen LogP contribution >= 0.6 is 0 Å². The largest absolute Gasteiger partial charge is 0.489 e. The van der Waals surface area contributed by atoms with Crippen molar-refractivity contribution < 1.29 is 18.3 Å². The monoisotopic (exact) mass is 304 g/mol. The van der Waals surface area contributed by atoms with Gasteiger partial charge < -0.3 is 15.4 Å². The van der Waals surface area contributed by atoms with E-state index in [-0.39, 0.29) is 19.1 Å². The topological polar surface area (TPSA) is 55.6 Å². The van der Waals surface area contributed by atoms with Gasteiger partial charge in [-0.3, -0.25) is 4.79 Å². The van der Waals surface area contributed by atoms with Crippen LogP contribution < -0.4 is 15.4 Å². The van der Waals surface area contributed by atoms with Gasteiger partial charge in [0, 0.05) is 6.07 Å². The molecule has 22 heavy (non-hydrogen) atoms. The van der Waals surface area contributed by atoms with E-state index >= 15 is 0 Å². The van der Waals surface area contributed by atoms with Crippen LogP contribution in [0.25, 0.3) is 0 Å². The molecule has 0 bridgehead atoms. The van der Waals surface area contributed by atoms with E-state index in [0.29, 0.717) is 17.0 Å². The number of ether oxygens (including phenoxy) is 1. The number of carbonyl (C=O) groups is 1. The first-order valence-corrected chi connectivity index (χ1v) is 6.78. The maximum Gasteiger partial charge on any atom is 0.247 e. The van der Waals surface area contributed by atoms with Crippen molar-refractivity contribution in [2.75, 3.05) is 11.5 Å². The van der Waals surface area contributed by atoms with Gasteiger partial charge >= 0.3 is 0 Å². The zero-order chi connectivity index (χ0) is 15.7. The lowest BCUT2D eigenvalue weighted by molar-refractivity contribution is -0.120. The number of fused-ring (bicyclic) bond motifs is 1. The predicted octanol–water partition coefficient (Wildman–Crippen LogP) is 2.22. The number of hydrogen-bond acceptors (Lipinski definition) is 3. The number of para-hydroxylation sites is 2. The molecule has 0 saturated heterocycles. The van der Waals surface area contributed by atoms with Crippen LogP contribution in [-0.4, -0.2) is 18.6 Å². The fraction of sp³-hybridized carbons (Fsp3) is 0.188. The third-order valence-electron chi connectivity index (χ3n) is 3.42. The minimum Gasteiger partial charge on any atom is -0.489 e. The molecular weight excluding hydrogens is 290 g/mol. The van der Waals surface area contributed by atoms with E-state index < -0.39 is 17.7 Å². The summed E-state index contributed by atoms with van der Waals surface area (Å²) in [5.74, 6) is -1.22. The van der Waals surface area contributed by atoms with Gasteiger partial charge in [-0.2, -0.15) is 0 Å². The number of anilines is 1. The Morgan fingerprint density at radius 2 is 1.86 bits per heavy atom. The highest BCUT2D eigenvalue weighted by Gasteiger charge is 2.29. The second-order valence-corrected chi connectivity index (χ2v) is 5.09. The van der Waals surface area contributed by atoms with Crippen molar-refractivity contribution in [2.24, 2.45) is 5.73 Å². The van der Waals surface area contributed by atoms with Crippen LogP contribution in [0.15, 0.2) is 42.5 Å². The molecule has 0 aliphatic carbocycles. The lowest BCUT2D eigenvalue weighted by Gasteiger charge is -2.23. The van der Waals surface area contributed by atoms with E-state index in [2.05, 4.69) is 0 Å². The zero-order valence-electron chi connectivity index (χ0n) is 11.6. The number of rotatable bonds is 2. The van der Waals surface area contributed by atoms with Crippen LogP contribution in [-0.2, 0) is 11.3 Å². The predicted molar refractivity (Wildman–Crippen MR) is 77.5 cm³/mol.